The van der Waals surface area contributed by atoms with Crippen LogP contribution in [0.4, 0.5) is 0 Å². The number of halogens is 1. The second-order valence-electron chi connectivity index (χ2n) is 3.73. The van der Waals surface area contributed by atoms with E-state index in [0.717, 1.165) is 17.3 Å². The lowest BCUT2D eigenvalue weighted by Gasteiger charge is -2.15. The molecule has 0 radical (unpaired) electrons. The molecule has 2 N–H and O–H groups in total. The smallest absolute Gasteiger partial charge is 0.222 e. The molecule has 3 nitrogen and oxygen atoms in total. The highest BCUT2D eigenvalue weighted by Crippen LogP contribution is 2.21. The maximum Gasteiger partial charge on any atom is 0.222 e. The van der Waals surface area contributed by atoms with Gasteiger partial charge >= 0.3 is 0 Å². The zero-order valence-corrected chi connectivity index (χ0v) is 11.8. The van der Waals surface area contributed by atoms with Gasteiger partial charge < -0.3 is 10.6 Å². The Morgan fingerprint density at radius 3 is 2.88 bits per heavy atom. The molecule has 0 spiro atoms. The molecule has 0 aliphatic rings. The van der Waals surface area contributed by atoms with Crippen LogP contribution in [0.25, 0.3) is 0 Å². The van der Waals surface area contributed by atoms with E-state index in [1.54, 1.807) is 16.2 Å². The summed E-state index contributed by atoms with van der Waals surface area (Å²) in [7, 11) is 1.85. The van der Waals surface area contributed by atoms with Gasteiger partial charge in [0.05, 0.1) is 6.54 Å². The largest absolute Gasteiger partial charge is 0.341 e. The van der Waals surface area contributed by atoms with Crippen LogP contribution in [0, 0.1) is 0 Å². The van der Waals surface area contributed by atoms with Crippen LogP contribution in [0.15, 0.2) is 15.9 Å². The topological polar surface area (TPSA) is 46.3 Å². The van der Waals surface area contributed by atoms with Crippen molar-refractivity contribution in [2.45, 2.75) is 25.8 Å². The van der Waals surface area contributed by atoms with Crippen LogP contribution in [0.5, 0.6) is 0 Å². The van der Waals surface area contributed by atoms with Crippen molar-refractivity contribution < 1.29 is 4.79 Å². The highest BCUT2D eigenvalue weighted by molar-refractivity contribution is 9.10. The van der Waals surface area contributed by atoms with E-state index in [9.17, 15) is 4.79 Å². The first-order valence-corrected chi connectivity index (χ1v) is 6.97. The molecule has 5 heteroatoms. The van der Waals surface area contributed by atoms with Crippen molar-refractivity contribution in [2.24, 2.45) is 5.73 Å². The number of carbonyl (C=O) groups excluding carboxylic acids is 1. The first-order chi connectivity index (χ1) is 7.63. The van der Waals surface area contributed by atoms with E-state index in [4.69, 9.17) is 5.73 Å². The number of unbranched alkanes of at least 4 members (excludes halogenated alkanes) is 1. The van der Waals surface area contributed by atoms with Gasteiger partial charge in [-0.1, -0.05) is 0 Å². The van der Waals surface area contributed by atoms with E-state index in [-0.39, 0.29) is 5.91 Å². The van der Waals surface area contributed by atoms with Crippen molar-refractivity contribution in [1.29, 1.82) is 0 Å². The van der Waals surface area contributed by atoms with Crippen LogP contribution in [0.2, 0.25) is 0 Å². The van der Waals surface area contributed by atoms with Crippen LogP contribution in [-0.2, 0) is 11.3 Å². The molecule has 1 heterocycles. The lowest BCUT2D eigenvalue weighted by Crippen LogP contribution is -2.25. The SMILES string of the molecule is CN(Cc1cc(Br)cs1)C(=O)CCCCN. The second kappa shape index (κ2) is 7.04. The zero-order chi connectivity index (χ0) is 12.0. The summed E-state index contributed by atoms with van der Waals surface area (Å²) >= 11 is 5.07. The van der Waals surface area contributed by atoms with Gasteiger partial charge in [0.15, 0.2) is 0 Å². The van der Waals surface area contributed by atoms with Gasteiger partial charge in [0.25, 0.3) is 0 Å². The predicted molar refractivity (Wildman–Crippen MR) is 71.4 cm³/mol. The number of carbonyl (C=O) groups is 1. The minimum absolute atomic E-state index is 0.193. The normalized spacial score (nSPS) is 10.4. The number of nitrogens with two attached hydrogens (primary N) is 1. The molecule has 0 aliphatic carbocycles. The standard InChI is InChI=1S/C11H17BrN2OS/c1-14(11(15)4-2-3-5-13)7-10-6-9(12)8-16-10/h6,8H,2-5,7,13H2,1H3. The number of nitrogens with zero attached hydrogens (tertiary/aromatic N) is 1. The summed E-state index contributed by atoms with van der Waals surface area (Å²) in [6.45, 7) is 1.35. The molecule has 0 aromatic carbocycles. The molecule has 1 aromatic rings. The van der Waals surface area contributed by atoms with Gasteiger partial charge in [-0.2, -0.15) is 0 Å². The predicted octanol–water partition coefficient (Wildman–Crippen LogP) is 2.60. The minimum Gasteiger partial charge on any atom is -0.341 e. The lowest BCUT2D eigenvalue weighted by atomic mass is 10.2. The molecule has 16 heavy (non-hydrogen) atoms. The summed E-state index contributed by atoms with van der Waals surface area (Å²) in [6, 6.07) is 2.05. The molecular weight excluding hydrogens is 288 g/mol. The molecule has 0 fully saturated rings. The Morgan fingerprint density at radius 1 is 1.56 bits per heavy atom. The summed E-state index contributed by atoms with van der Waals surface area (Å²) in [5, 5.41) is 2.03. The Kier molecular flexibility index (Phi) is 6.01. The minimum atomic E-state index is 0.193. The van der Waals surface area contributed by atoms with E-state index in [0.29, 0.717) is 19.5 Å². The molecule has 1 aromatic heterocycles. The molecule has 0 saturated carbocycles. The molecule has 1 rings (SSSR count). The first kappa shape index (κ1) is 13.7. The summed E-state index contributed by atoms with van der Waals surface area (Å²) in [4.78, 5) is 14.7. The lowest BCUT2D eigenvalue weighted by molar-refractivity contribution is -0.130. The molecule has 1 amide bonds. The van der Waals surface area contributed by atoms with E-state index in [1.807, 2.05) is 18.5 Å². The molecule has 0 atom stereocenters. The van der Waals surface area contributed by atoms with E-state index >= 15 is 0 Å². The monoisotopic (exact) mass is 304 g/mol. The van der Waals surface area contributed by atoms with E-state index in [1.165, 1.54) is 4.88 Å². The van der Waals surface area contributed by atoms with Crippen molar-refractivity contribution in [3.8, 4) is 0 Å². The quantitative estimate of drug-likeness (QED) is 0.821. The number of thiophene rings is 1. The molecule has 90 valence electrons. The average molecular weight is 305 g/mol. The number of hydrogen-bond donors (Lipinski definition) is 1. The zero-order valence-electron chi connectivity index (χ0n) is 9.41. The fraction of sp³-hybridized carbons (Fsp3) is 0.545. The average Bonchev–Trinajstić information content (AvgIpc) is 2.64. The summed E-state index contributed by atoms with van der Waals surface area (Å²) in [5.41, 5.74) is 5.39. The van der Waals surface area contributed by atoms with E-state index in [2.05, 4.69) is 15.9 Å². The van der Waals surface area contributed by atoms with Gasteiger partial charge in [-0.25, -0.2) is 0 Å². The Hall–Kier alpha value is -0.390. The Labute approximate surface area is 109 Å². The number of rotatable bonds is 6. The van der Waals surface area contributed by atoms with Crippen LogP contribution < -0.4 is 5.73 Å². The fourth-order valence-electron chi connectivity index (χ4n) is 1.37. The third-order valence-electron chi connectivity index (χ3n) is 2.29. The van der Waals surface area contributed by atoms with E-state index < -0.39 is 0 Å². The van der Waals surface area contributed by atoms with Crippen molar-refractivity contribution in [2.75, 3.05) is 13.6 Å². The third kappa shape index (κ3) is 4.63. The molecule has 0 bridgehead atoms. The summed E-state index contributed by atoms with van der Waals surface area (Å²) < 4.78 is 1.08. The highest BCUT2D eigenvalue weighted by Gasteiger charge is 2.09. The van der Waals surface area contributed by atoms with Gasteiger partial charge in [0, 0.05) is 28.2 Å². The fourth-order valence-corrected chi connectivity index (χ4v) is 2.87. The van der Waals surface area contributed by atoms with Crippen molar-refractivity contribution in [3.05, 3.63) is 20.8 Å². The summed E-state index contributed by atoms with van der Waals surface area (Å²) in [5.74, 6) is 0.193. The maximum atomic E-state index is 11.7. The number of amides is 1. The third-order valence-corrected chi connectivity index (χ3v) is 3.97. The van der Waals surface area contributed by atoms with Crippen LogP contribution in [0.1, 0.15) is 24.1 Å². The number of hydrogen-bond acceptors (Lipinski definition) is 3. The highest BCUT2D eigenvalue weighted by atomic mass is 79.9. The maximum absolute atomic E-state index is 11.7. The molecule has 0 saturated heterocycles. The van der Waals surface area contributed by atoms with Gasteiger partial charge in [0.1, 0.15) is 0 Å². The van der Waals surface area contributed by atoms with Gasteiger partial charge in [-0.3, -0.25) is 4.79 Å². The summed E-state index contributed by atoms with van der Waals surface area (Å²) in [6.07, 6.45) is 2.40. The Bertz CT molecular complexity index is 340. The van der Waals surface area contributed by atoms with Crippen LogP contribution in [-0.4, -0.2) is 24.4 Å². The van der Waals surface area contributed by atoms with Gasteiger partial charge in [-0.05, 0) is 41.4 Å². The van der Waals surface area contributed by atoms with Gasteiger partial charge in [-0.15, -0.1) is 11.3 Å². The van der Waals surface area contributed by atoms with Crippen LogP contribution in [0.3, 0.4) is 0 Å². The van der Waals surface area contributed by atoms with Gasteiger partial charge in [0.2, 0.25) is 5.91 Å². The second-order valence-corrected chi connectivity index (χ2v) is 5.64. The van der Waals surface area contributed by atoms with Crippen molar-refractivity contribution in [1.82, 2.24) is 4.90 Å². The molecule has 0 unspecified atom stereocenters. The van der Waals surface area contributed by atoms with Crippen molar-refractivity contribution in [3.63, 3.8) is 0 Å². The Balaban J connectivity index is 2.34. The Morgan fingerprint density at radius 2 is 2.31 bits per heavy atom. The first-order valence-electron chi connectivity index (χ1n) is 5.30. The molecular formula is C11H17BrN2OS. The molecule has 0 aliphatic heterocycles. The van der Waals surface area contributed by atoms with Crippen LogP contribution >= 0.6 is 27.3 Å². The van der Waals surface area contributed by atoms with Crippen molar-refractivity contribution >= 4 is 33.2 Å².